The molecule has 0 radical (unpaired) electrons. The van der Waals surface area contributed by atoms with Gasteiger partial charge >= 0.3 is 0 Å². The van der Waals surface area contributed by atoms with Crippen LogP contribution in [-0.2, 0) is 0 Å². The van der Waals surface area contributed by atoms with E-state index in [1.165, 1.54) is 10.8 Å². The zero-order valence-corrected chi connectivity index (χ0v) is 14.8. The number of hydrogen-bond acceptors (Lipinski definition) is 3. The zero-order valence-electron chi connectivity index (χ0n) is 13.0. The van der Waals surface area contributed by atoms with E-state index in [4.69, 9.17) is 0 Å². The van der Waals surface area contributed by atoms with Crippen molar-refractivity contribution in [3.05, 3.63) is 48.5 Å². The summed E-state index contributed by atoms with van der Waals surface area (Å²) in [5.74, 6) is 0. The largest absolute Gasteiger partial charge is 0.323 e. The first-order chi connectivity index (χ1) is 10.2. The molecule has 3 aromatic carbocycles. The predicted octanol–water partition coefficient (Wildman–Crippen LogP) is 5.43. The van der Waals surface area contributed by atoms with Crippen LogP contribution >= 0.6 is 25.3 Å². The Kier molecular flexibility index (Phi) is 7.65. The standard InChI is InChI=1S/C14H10S2.C2H7N.C2H6/c15-13-11-7-3-1-5-9(11)10-6-2-4-8-12(10)14(13)16;1-3-2;1-2/h1-8,15-16H;3H,1-2H3;1-2H3. The van der Waals surface area contributed by atoms with Crippen LogP contribution < -0.4 is 5.32 Å². The van der Waals surface area contributed by atoms with Gasteiger partial charge in [-0.3, -0.25) is 0 Å². The second-order valence-electron chi connectivity index (χ2n) is 4.29. The number of nitrogens with one attached hydrogen (secondary N) is 1. The molecule has 0 fully saturated rings. The van der Waals surface area contributed by atoms with Crippen LogP contribution in [0.4, 0.5) is 0 Å². The Morgan fingerprint density at radius 3 is 1.14 bits per heavy atom. The molecule has 3 rings (SSSR count). The molecule has 1 nitrogen and oxygen atoms in total. The van der Waals surface area contributed by atoms with Crippen LogP contribution in [0.1, 0.15) is 13.8 Å². The van der Waals surface area contributed by atoms with Gasteiger partial charge in [0.15, 0.2) is 0 Å². The Labute approximate surface area is 138 Å². The van der Waals surface area contributed by atoms with Gasteiger partial charge in [-0.25, -0.2) is 0 Å². The molecule has 3 aromatic rings. The van der Waals surface area contributed by atoms with Crippen LogP contribution in [0, 0.1) is 0 Å². The summed E-state index contributed by atoms with van der Waals surface area (Å²) >= 11 is 9.13. The number of fused-ring (bicyclic) bond motifs is 3. The van der Waals surface area contributed by atoms with Gasteiger partial charge in [0.25, 0.3) is 0 Å². The molecule has 1 N–H and O–H groups in total. The van der Waals surface area contributed by atoms with Gasteiger partial charge in [-0.1, -0.05) is 62.4 Å². The maximum atomic E-state index is 4.56. The Bertz CT molecular complexity index is 647. The van der Waals surface area contributed by atoms with Crippen LogP contribution in [0.3, 0.4) is 0 Å². The van der Waals surface area contributed by atoms with E-state index in [-0.39, 0.29) is 0 Å². The summed E-state index contributed by atoms with van der Waals surface area (Å²) in [5.41, 5.74) is 0. The molecule has 0 unspecified atom stereocenters. The van der Waals surface area contributed by atoms with E-state index in [0.29, 0.717) is 0 Å². The third-order valence-electron chi connectivity index (χ3n) is 2.88. The molecule has 21 heavy (non-hydrogen) atoms. The van der Waals surface area contributed by atoms with Crippen LogP contribution in [0.5, 0.6) is 0 Å². The summed E-state index contributed by atoms with van der Waals surface area (Å²) in [6, 6.07) is 16.6. The van der Waals surface area contributed by atoms with E-state index in [1.807, 2.05) is 40.1 Å². The van der Waals surface area contributed by atoms with E-state index >= 15 is 0 Å². The highest BCUT2D eigenvalue weighted by Gasteiger charge is 2.08. The molecule has 0 aromatic heterocycles. The lowest BCUT2D eigenvalue weighted by Gasteiger charge is -2.09. The predicted molar refractivity (Wildman–Crippen MR) is 102 cm³/mol. The summed E-state index contributed by atoms with van der Waals surface area (Å²) < 4.78 is 0. The van der Waals surface area contributed by atoms with Gasteiger partial charge in [-0.05, 0) is 35.6 Å². The minimum absolute atomic E-state index is 0.956. The van der Waals surface area contributed by atoms with Crippen molar-refractivity contribution in [2.45, 2.75) is 23.6 Å². The lowest BCUT2D eigenvalue weighted by atomic mass is 10.0. The highest BCUT2D eigenvalue weighted by atomic mass is 32.1. The lowest BCUT2D eigenvalue weighted by Crippen LogP contribution is -1.89. The molecule has 0 saturated carbocycles. The molecule has 0 spiro atoms. The summed E-state index contributed by atoms with van der Waals surface area (Å²) in [4.78, 5) is 1.91. The third kappa shape index (κ3) is 3.94. The first-order valence-corrected chi connectivity index (χ1v) is 8.00. The SMILES string of the molecule is CC.CNC.Sc1c(S)c2ccccc2c2ccccc12. The summed E-state index contributed by atoms with van der Waals surface area (Å²) in [6.07, 6.45) is 0. The third-order valence-corrected chi connectivity index (χ3v) is 3.98. The van der Waals surface area contributed by atoms with Gasteiger partial charge in [-0.2, -0.15) is 0 Å². The van der Waals surface area contributed by atoms with Crippen molar-refractivity contribution in [1.82, 2.24) is 5.32 Å². The highest BCUT2D eigenvalue weighted by molar-refractivity contribution is 7.84. The van der Waals surface area contributed by atoms with E-state index in [0.717, 1.165) is 20.6 Å². The van der Waals surface area contributed by atoms with Crippen LogP contribution in [0.15, 0.2) is 58.3 Å². The minimum atomic E-state index is 0.956. The number of benzene rings is 3. The van der Waals surface area contributed by atoms with E-state index in [1.54, 1.807) is 0 Å². The van der Waals surface area contributed by atoms with Gasteiger partial charge in [0.05, 0.1) is 0 Å². The van der Waals surface area contributed by atoms with Crippen molar-refractivity contribution in [3.63, 3.8) is 0 Å². The van der Waals surface area contributed by atoms with Crippen molar-refractivity contribution >= 4 is 46.8 Å². The van der Waals surface area contributed by atoms with Crippen LogP contribution in [0.25, 0.3) is 21.5 Å². The first kappa shape index (κ1) is 17.9. The van der Waals surface area contributed by atoms with Gasteiger partial charge in [-0.15, -0.1) is 25.3 Å². The molecule has 0 aliphatic heterocycles. The second kappa shape index (κ2) is 8.98. The molecule has 0 amide bonds. The molecule has 0 saturated heterocycles. The maximum absolute atomic E-state index is 4.56. The molecule has 0 bridgehead atoms. The fourth-order valence-corrected chi connectivity index (χ4v) is 2.73. The van der Waals surface area contributed by atoms with Crippen molar-refractivity contribution in [1.29, 1.82) is 0 Å². The highest BCUT2D eigenvalue weighted by Crippen LogP contribution is 2.36. The molecular formula is C18H23NS2. The summed E-state index contributed by atoms with van der Waals surface area (Å²) in [6.45, 7) is 4.00. The Morgan fingerprint density at radius 1 is 0.619 bits per heavy atom. The smallest absolute Gasteiger partial charge is 0.0259 e. The van der Waals surface area contributed by atoms with Crippen LogP contribution in [-0.4, -0.2) is 14.1 Å². The van der Waals surface area contributed by atoms with Crippen LogP contribution in [0.2, 0.25) is 0 Å². The van der Waals surface area contributed by atoms with Crippen molar-refractivity contribution in [2.75, 3.05) is 14.1 Å². The fourth-order valence-electron chi connectivity index (χ4n) is 2.10. The Balaban J connectivity index is 0.000000395. The van der Waals surface area contributed by atoms with E-state index in [9.17, 15) is 0 Å². The molecule has 0 aliphatic rings. The summed E-state index contributed by atoms with van der Waals surface area (Å²) in [7, 11) is 3.75. The van der Waals surface area contributed by atoms with Gasteiger partial charge in [0, 0.05) is 9.79 Å². The quantitative estimate of drug-likeness (QED) is 0.371. The molecule has 3 heteroatoms. The Hall–Kier alpha value is -1.16. The maximum Gasteiger partial charge on any atom is 0.0259 e. The van der Waals surface area contributed by atoms with Crippen molar-refractivity contribution in [3.8, 4) is 0 Å². The van der Waals surface area contributed by atoms with E-state index in [2.05, 4.69) is 67.0 Å². The average Bonchev–Trinajstić information content (AvgIpc) is 2.55. The van der Waals surface area contributed by atoms with Crippen molar-refractivity contribution < 1.29 is 0 Å². The fraction of sp³-hybridized carbons (Fsp3) is 0.222. The van der Waals surface area contributed by atoms with Crippen molar-refractivity contribution in [2.24, 2.45) is 0 Å². The van der Waals surface area contributed by atoms with Gasteiger partial charge in [0.1, 0.15) is 0 Å². The topological polar surface area (TPSA) is 12.0 Å². The summed E-state index contributed by atoms with van der Waals surface area (Å²) in [5, 5.41) is 7.55. The normalized spacial score (nSPS) is 9.62. The Morgan fingerprint density at radius 2 is 0.857 bits per heavy atom. The second-order valence-corrected chi connectivity index (χ2v) is 5.18. The molecule has 0 heterocycles. The zero-order chi connectivity index (χ0) is 15.8. The number of rotatable bonds is 0. The number of hydrogen-bond donors (Lipinski definition) is 3. The van der Waals surface area contributed by atoms with Gasteiger partial charge < -0.3 is 5.32 Å². The molecule has 112 valence electrons. The number of thiol groups is 2. The lowest BCUT2D eigenvalue weighted by molar-refractivity contribution is 1.02. The molecule has 0 atom stereocenters. The first-order valence-electron chi connectivity index (χ1n) is 7.10. The minimum Gasteiger partial charge on any atom is -0.323 e. The molecule has 0 aliphatic carbocycles. The average molecular weight is 318 g/mol. The molecular weight excluding hydrogens is 294 g/mol. The monoisotopic (exact) mass is 317 g/mol. The van der Waals surface area contributed by atoms with E-state index < -0.39 is 0 Å². The van der Waals surface area contributed by atoms with Gasteiger partial charge in [0.2, 0.25) is 0 Å².